The third-order valence-corrected chi connectivity index (χ3v) is 10.8. The van der Waals surface area contributed by atoms with Crippen LogP contribution in [-0.2, 0) is 0 Å². The molecule has 2 aliphatic rings. The molecule has 0 aromatic carbocycles. The van der Waals surface area contributed by atoms with Gasteiger partial charge in [-0.3, -0.25) is 0 Å². The molecule has 0 nitrogen and oxygen atoms in total. The first-order valence-corrected chi connectivity index (χ1v) is 8.95. The summed E-state index contributed by atoms with van der Waals surface area (Å²) in [6, 6.07) is 0. The molecule has 2 saturated heterocycles. The molecule has 0 N–H and O–H groups in total. The fourth-order valence-corrected chi connectivity index (χ4v) is 8.76. The van der Waals surface area contributed by atoms with Crippen LogP contribution in [0.25, 0.3) is 0 Å². The lowest BCUT2D eigenvalue weighted by Crippen LogP contribution is -1.95. The number of thioether (sulfide) groups is 4. The van der Waals surface area contributed by atoms with Crippen molar-refractivity contribution in [2.75, 3.05) is 11.5 Å². The lowest BCUT2D eigenvalue weighted by molar-refractivity contribution is 1.44. The Bertz CT molecular complexity index is 198. The molecule has 2 atom stereocenters. The third kappa shape index (κ3) is 2.37. The van der Waals surface area contributed by atoms with E-state index in [0.717, 1.165) is 0 Å². The molecule has 0 spiro atoms. The summed E-state index contributed by atoms with van der Waals surface area (Å²) >= 11 is 15.2. The minimum absolute atomic E-state index is 0.534. The van der Waals surface area contributed by atoms with Crippen LogP contribution in [0.3, 0.4) is 0 Å². The molecular formula is C6H6Br2S4. The van der Waals surface area contributed by atoms with E-state index >= 15 is 0 Å². The minimum atomic E-state index is 0.534. The maximum absolute atomic E-state index is 3.63. The molecule has 2 rings (SSSR count). The largest absolute Gasteiger partial charge is 0.117 e. The molecule has 2 unspecified atom stereocenters. The van der Waals surface area contributed by atoms with Crippen LogP contribution in [0.15, 0.2) is 8.47 Å². The Labute approximate surface area is 106 Å². The SMILES string of the molecule is BrC1SC(=C2SCCS2)SC1Br. The molecule has 2 fully saturated rings. The number of alkyl halides is 2. The van der Waals surface area contributed by atoms with Gasteiger partial charge in [-0.1, -0.05) is 31.9 Å². The first-order valence-electron chi connectivity index (χ1n) is 3.39. The zero-order valence-electron chi connectivity index (χ0n) is 5.96. The second-order valence-corrected chi connectivity index (χ2v) is 10.4. The number of hydrogen-bond donors (Lipinski definition) is 0. The molecule has 0 bridgehead atoms. The molecule has 12 heavy (non-hydrogen) atoms. The van der Waals surface area contributed by atoms with Gasteiger partial charge in [0, 0.05) is 11.5 Å². The van der Waals surface area contributed by atoms with Gasteiger partial charge in [0.1, 0.15) is 0 Å². The Morgan fingerprint density at radius 3 is 1.92 bits per heavy atom. The van der Waals surface area contributed by atoms with Gasteiger partial charge >= 0.3 is 0 Å². The second-order valence-electron chi connectivity index (χ2n) is 2.21. The first-order chi connectivity index (χ1) is 5.77. The van der Waals surface area contributed by atoms with Crippen molar-refractivity contribution in [2.24, 2.45) is 0 Å². The summed E-state index contributed by atoms with van der Waals surface area (Å²) in [5.41, 5.74) is 0. The van der Waals surface area contributed by atoms with E-state index in [2.05, 4.69) is 31.9 Å². The Morgan fingerprint density at radius 1 is 0.917 bits per heavy atom. The lowest BCUT2D eigenvalue weighted by Gasteiger charge is -1.98. The van der Waals surface area contributed by atoms with Gasteiger partial charge in [-0.05, 0) is 0 Å². The fraction of sp³-hybridized carbons (Fsp3) is 0.667. The molecule has 2 aliphatic heterocycles. The zero-order chi connectivity index (χ0) is 8.55. The van der Waals surface area contributed by atoms with E-state index in [4.69, 9.17) is 0 Å². The van der Waals surface area contributed by atoms with Crippen molar-refractivity contribution in [2.45, 2.75) is 8.32 Å². The summed E-state index contributed by atoms with van der Waals surface area (Å²) in [6.45, 7) is 0. The molecule has 0 aromatic heterocycles. The first kappa shape index (κ1) is 10.6. The molecular weight excluding hydrogens is 360 g/mol. The van der Waals surface area contributed by atoms with E-state index in [1.807, 2.05) is 47.0 Å². The topological polar surface area (TPSA) is 0 Å². The van der Waals surface area contributed by atoms with Crippen LogP contribution in [0.1, 0.15) is 0 Å². The minimum Gasteiger partial charge on any atom is -0.117 e. The summed E-state index contributed by atoms with van der Waals surface area (Å²) in [7, 11) is 0. The molecule has 6 heteroatoms. The molecule has 0 amide bonds. The quantitative estimate of drug-likeness (QED) is 0.578. The summed E-state index contributed by atoms with van der Waals surface area (Å²) in [5, 5.41) is 0. The Hall–Kier alpha value is 2.10. The van der Waals surface area contributed by atoms with Gasteiger partial charge in [0.2, 0.25) is 0 Å². The van der Waals surface area contributed by atoms with Crippen LogP contribution < -0.4 is 0 Å². The highest BCUT2D eigenvalue weighted by molar-refractivity contribution is 9.15. The summed E-state index contributed by atoms with van der Waals surface area (Å²) in [5.74, 6) is 2.56. The predicted octanol–water partition coefficient (Wildman–Crippen LogP) is 4.52. The lowest BCUT2D eigenvalue weighted by atomic mass is 10.9. The van der Waals surface area contributed by atoms with Crippen LogP contribution in [-0.4, -0.2) is 19.8 Å². The monoisotopic (exact) mass is 364 g/mol. The molecule has 0 radical (unpaired) electrons. The van der Waals surface area contributed by atoms with Crippen molar-refractivity contribution < 1.29 is 0 Å². The smallest absolute Gasteiger partial charge is 0.0872 e. The third-order valence-electron chi connectivity index (χ3n) is 1.36. The van der Waals surface area contributed by atoms with E-state index in [0.29, 0.717) is 8.32 Å². The highest BCUT2D eigenvalue weighted by atomic mass is 79.9. The van der Waals surface area contributed by atoms with E-state index in [9.17, 15) is 0 Å². The van der Waals surface area contributed by atoms with Gasteiger partial charge in [0.15, 0.2) is 0 Å². The molecule has 0 aliphatic carbocycles. The van der Waals surface area contributed by atoms with E-state index < -0.39 is 0 Å². The Balaban J connectivity index is 2.10. The van der Waals surface area contributed by atoms with E-state index in [-0.39, 0.29) is 0 Å². The van der Waals surface area contributed by atoms with Crippen molar-refractivity contribution in [3.8, 4) is 0 Å². The normalized spacial score (nSPS) is 36.5. The molecule has 0 aromatic rings. The average molecular weight is 366 g/mol. The van der Waals surface area contributed by atoms with Crippen molar-refractivity contribution in [3.63, 3.8) is 0 Å². The van der Waals surface area contributed by atoms with Crippen LogP contribution in [0.4, 0.5) is 0 Å². The number of rotatable bonds is 0. The summed E-state index contributed by atoms with van der Waals surface area (Å²) < 4.78 is 4.11. The maximum atomic E-state index is 3.63. The van der Waals surface area contributed by atoms with E-state index in [1.165, 1.54) is 20.0 Å². The standard InChI is InChI=1S/C6H6Br2S4/c7-3-4(8)12-6(11-3)5-9-1-2-10-5/h3-4H,1-2H2. The maximum Gasteiger partial charge on any atom is 0.0872 e. The van der Waals surface area contributed by atoms with Crippen molar-refractivity contribution in [1.29, 1.82) is 0 Å². The summed E-state index contributed by atoms with van der Waals surface area (Å²) in [4.78, 5) is 0. The summed E-state index contributed by atoms with van der Waals surface area (Å²) in [6.07, 6.45) is 0. The van der Waals surface area contributed by atoms with Crippen LogP contribution in [0, 0.1) is 0 Å². The number of halogens is 2. The molecule has 68 valence electrons. The fourth-order valence-electron chi connectivity index (χ4n) is 0.864. The predicted molar refractivity (Wildman–Crippen MR) is 72.6 cm³/mol. The average Bonchev–Trinajstić information content (AvgIpc) is 2.61. The van der Waals surface area contributed by atoms with Gasteiger partial charge in [-0.15, -0.1) is 47.0 Å². The van der Waals surface area contributed by atoms with Crippen LogP contribution in [0.5, 0.6) is 0 Å². The highest BCUT2D eigenvalue weighted by Crippen LogP contribution is 2.57. The molecule has 0 saturated carbocycles. The molecule has 2 heterocycles. The number of hydrogen-bond acceptors (Lipinski definition) is 4. The second kappa shape index (κ2) is 4.75. The highest BCUT2D eigenvalue weighted by Gasteiger charge is 2.31. The van der Waals surface area contributed by atoms with Crippen LogP contribution >= 0.6 is 78.9 Å². The van der Waals surface area contributed by atoms with Gasteiger partial charge in [-0.2, -0.15) is 0 Å². The Kier molecular flexibility index (Phi) is 4.20. The van der Waals surface area contributed by atoms with Crippen LogP contribution in [0.2, 0.25) is 0 Å². The van der Waals surface area contributed by atoms with Gasteiger partial charge in [-0.25, -0.2) is 0 Å². The van der Waals surface area contributed by atoms with E-state index in [1.54, 1.807) is 0 Å². The Morgan fingerprint density at radius 2 is 1.42 bits per heavy atom. The van der Waals surface area contributed by atoms with Crippen molar-refractivity contribution in [1.82, 2.24) is 0 Å². The van der Waals surface area contributed by atoms with Gasteiger partial charge < -0.3 is 0 Å². The zero-order valence-corrected chi connectivity index (χ0v) is 12.4. The van der Waals surface area contributed by atoms with Gasteiger partial charge in [0.05, 0.1) is 16.8 Å². The van der Waals surface area contributed by atoms with Gasteiger partial charge in [0.25, 0.3) is 0 Å². The van der Waals surface area contributed by atoms with Crippen molar-refractivity contribution >= 4 is 78.9 Å². The van der Waals surface area contributed by atoms with Crippen molar-refractivity contribution in [3.05, 3.63) is 8.47 Å².